The Balaban J connectivity index is 2.69. The van der Waals surface area contributed by atoms with Crippen LogP contribution in [0.15, 0.2) is 24.3 Å². The van der Waals surface area contributed by atoms with Crippen molar-refractivity contribution in [2.45, 2.75) is 13.3 Å². The van der Waals surface area contributed by atoms with E-state index in [9.17, 15) is 22.4 Å². The normalized spacial score (nSPS) is 11.6. The predicted molar refractivity (Wildman–Crippen MR) is 60.8 cm³/mol. The minimum Gasteiger partial charge on any atom is -0.403 e. The maximum Gasteiger partial charge on any atom is 0.573 e. The summed E-state index contributed by atoms with van der Waals surface area (Å²) in [5, 5.41) is 2.48. The quantitative estimate of drug-likeness (QED) is 0.859. The Morgan fingerprint density at radius 1 is 1.42 bits per heavy atom. The molecule has 19 heavy (non-hydrogen) atoms. The van der Waals surface area contributed by atoms with Gasteiger partial charge in [0.2, 0.25) is 5.91 Å². The zero-order chi connectivity index (χ0) is 14.5. The van der Waals surface area contributed by atoms with E-state index in [1.165, 1.54) is 19.1 Å². The summed E-state index contributed by atoms with van der Waals surface area (Å²) < 4.78 is 52.5. The Kier molecular flexibility index (Phi) is 4.91. The lowest BCUT2D eigenvalue weighted by molar-refractivity contribution is -0.275. The molecular weight excluding hydrogens is 266 g/mol. The number of halogens is 4. The maximum absolute atomic E-state index is 13.3. The number of alkyl halides is 3. The molecule has 1 aromatic carbocycles. The lowest BCUT2D eigenvalue weighted by Crippen LogP contribution is -2.19. The van der Waals surface area contributed by atoms with Crippen molar-refractivity contribution in [1.82, 2.24) is 5.32 Å². The van der Waals surface area contributed by atoms with Crippen molar-refractivity contribution in [2.75, 3.05) is 6.54 Å². The summed E-state index contributed by atoms with van der Waals surface area (Å²) in [5.41, 5.74) is 0.359. The molecule has 1 amide bonds. The molecule has 0 fully saturated rings. The molecule has 0 saturated carbocycles. The highest BCUT2D eigenvalue weighted by Crippen LogP contribution is 2.26. The van der Waals surface area contributed by atoms with Gasteiger partial charge in [-0.2, -0.15) is 0 Å². The van der Waals surface area contributed by atoms with Crippen LogP contribution in [0.25, 0.3) is 6.08 Å². The molecule has 0 saturated heterocycles. The number of carbonyl (C=O) groups is 1. The molecule has 0 aliphatic heterocycles. The highest BCUT2D eigenvalue weighted by molar-refractivity contribution is 5.73. The molecular formula is C12H11F4NO2. The van der Waals surface area contributed by atoms with Crippen molar-refractivity contribution in [2.24, 2.45) is 0 Å². The molecule has 0 heterocycles. The van der Waals surface area contributed by atoms with Crippen LogP contribution in [0.1, 0.15) is 12.5 Å². The second kappa shape index (κ2) is 6.21. The third-order valence-electron chi connectivity index (χ3n) is 1.96. The molecule has 7 heteroatoms. The highest BCUT2D eigenvalue weighted by Gasteiger charge is 2.32. The molecule has 1 rings (SSSR count). The summed E-state index contributed by atoms with van der Waals surface area (Å²) in [6.45, 7) is 1.59. The van der Waals surface area contributed by atoms with Crippen molar-refractivity contribution in [1.29, 1.82) is 0 Å². The van der Waals surface area contributed by atoms with Gasteiger partial charge in [0.1, 0.15) is 0 Å². The van der Waals surface area contributed by atoms with Gasteiger partial charge in [0.15, 0.2) is 11.6 Å². The van der Waals surface area contributed by atoms with E-state index in [0.29, 0.717) is 5.56 Å². The van der Waals surface area contributed by atoms with E-state index in [0.717, 1.165) is 12.1 Å². The fourth-order valence-corrected chi connectivity index (χ4v) is 1.23. The SMILES string of the molecule is CC(=O)NCC=Cc1ccc(OC(F)(F)F)c(F)c1. The number of hydrogen-bond donors (Lipinski definition) is 1. The molecule has 0 aliphatic carbocycles. The van der Waals surface area contributed by atoms with Gasteiger partial charge in [-0.1, -0.05) is 18.2 Å². The monoisotopic (exact) mass is 277 g/mol. The molecule has 0 bridgehead atoms. The van der Waals surface area contributed by atoms with E-state index in [1.54, 1.807) is 6.08 Å². The Hall–Kier alpha value is -2.05. The van der Waals surface area contributed by atoms with E-state index >= 15 is 0 Å². The third-order valence-corrected chi connectivity index (χ3v) is 1.96. The summed E-state index contributed by atoms with van der Waals surface area (Å²) in [7, 11) is 0. The second-order valence-electron chi connectivity index (χ2n) is 3.58. The van der Waals surface area contributed by atoms with Crippen LogP contribution in [0, 0.1) is 5.82 Å². The van der Waals surface area contributed by atoms with Crippen molar-refractivity contribution in [3.63, 3.8) is 0 Å². The molecule has 0 atom stereocenters. The molecule has 3 nitrogen and oxygen atoms in total. The fourth-order valence-electron chi connectivity index (χ4n) is 1.23. The van der Waals surface area contributed by atoms with Gasteiger partial charge in [0.25, 0.3) is 0 Å². The Bertz CT molecular complexity index is 483. The van der Waals surface area contributed by atoms with Gasteiger partial charge in [-0.05, 0) is 17.7 Å². The predicted octanol–water partition coefficient (Wildman–Crippen LogP) is 2.87. The molecule has 0 aromatic heterocycles. The second-order valence-corrected chi connectivity index (χ2v) is 3.58. The number of amides is 1. The van der Waals surface area contributed by atoms with Crippen LogP contribution in [0.5, 0.6) is 5.75 Å². The van der Waals surface area contributed by atoms with Gasteiger partial charge in [0.05, 0.1) is 0 Å². The number of benzene rings is 1. The third kappa shape index (κ3) is 5.89. The van der Waals surface area contributed by atoms with Crippen LogP contribution in [0.2, 0.25) is 0 Å². The van der Waals surface area contributed by atoms with E-state index in [4.69, 9.17) is 0 Å². The smallest absolute Gasteiger partial charge is 0.403 e. The first kappa shape index (κ1) is 15.0. The Labute approximate surface area is 106 Å². The average Bonchev–Trinajstić information content (AvgIpc) is 2.26. The highest BCUT2D eigenvalue weighted by atomic mass is 19.4. The first-order valence-corrected chi connectivity index (χ1v) is 5.24. The Morgan fingerprint density at radius 3 is 2.63 bits per heavy atom. The molecule has 1 aromatic rings. The molecule has 1 N–H and O–H groups in total. The van der Waals surface area contributed by atoms with Crippen molar-refractivity contribution in [3.05, 3.63) is 35.7 Å². The van der Waals surface area contributed by atoms with Crippen LogP contribution in [0.4, 0.5) is 17.6 Å². The number of carbonyl (C=O) groups excluding carboxylic acids is 1. The number of ether oxygens (including phenoxy) is 1. The van der Waals surface area contributed by atoms with Gasteiger partial charge < -0.3 is 10.1 Å². The average molecular weight is 277 g/mol. The topological polar surface area (TPSA) is 38.3 Å². The molecule has 0 spiro atoms. The minimum absolute atomic E-state index is 0.218. The number of nitrogens with one attached hydrogen (secondary N) is 1. The van der Waals surface area contributed by atoms with E-state index in [2.05, 4.69) is 10.1 Å². The van der Waals surface area contributed by atoms with Gasteiger partial charge >= 0.3 is 6.36 Å². The lowest BCUT2D eigenvalue weighted by Gasteiger charge is -2.09. The fraction of sp³-hybridized carbons (Fsp3) is 0.250. The zero-order valence-corrected chi connectivity index (χ0v) is 9.92. The first-order chi connectivity index (χ1) is 8.78. The molecule has 0 aliphatic rings. The van der Waals surface area contributed by atoms with Gasteiger partial charge in [-0.3, -0.25) is 4.79 Å². The van der Waals surface area contributed by atoms with Gasteiger partial charge in [-0.25, -0.2) is 4.39 Å². The van der Waals surface area contributed by atoms with Crippen LogP contribution >= 0.6 is 0 Å². The van der Waals surface area contributed by atoms with Gasteiger partial charge in [-0.15, -0.1) is 13.2 Å². The maximum atomic E-state index is 13.3. The minimum atomic E-state index is -4.93. The van der Waals surface area contributed by atoms with E-state index in [-0.39, 0.29) is 12.5 Å². The summed E-state index contributed by atoms with van der Waals surface area (Å²) in [6.07, 6.45) is -1.92. The summed E-state index contributed by atoms with van der Waals surface area (Å²) in [5.74, 6) is -2.21. The Morgan fingerprint density at radius 2 is 2.11 bits per heavy atom. The number of rotatable bonds is 4. The van der Waals surface area contributed by atoms with Crippen LogP contribution in [-0.2, 0) is 4.79 Å². The van der Waals surface area contributed by atoms with E-state index < -0.39 is 17.9 Å². The standard InChI is InChI=1S/C12H11F4NO2/c1-8(18)17-6-2-3-9-4-5-11(10(13)7-9)19-12(14,15)16/h2-5,7H,6H2,1H3,(H,17,18). The first-order valence-electron chi connectivity index (χ1n) is 5.24. The van der Waals surface area contributed by atoms with Crippen LogP contribution in [0.3, 0.4) is 0 Å². The van der Waals surface area contributed by atoms with Crippen LogP contribution in [-0.4, -0.2) is 18.8 Å². The lowest BCUT2D eigenvalue weighted by atomic mass is 10.2. The van der Waals surface area contributed by atoms with Gasteiger partial charge in [0, 0.05) is 13.5 Å². The molecule has 104 valence electrons. The summed E-state index contributed by atoms with van der Waals surface area (Å²) >= 11 is 0. The van der Waals surface area contributed by atoms with Crippen LogP contribution < -0.4 is 10.1 Å². The summed E-state index contributed by atoms with van der Waals surface area (Å²) in [4.78, 5) is 10.6. The van der Waals surface area contributed by atoms with Crippen molar-refractivity contribution < 1.29 is 27.1 Å². The van der Waals surface area contributed by atoms with Crippen molar-refractivity contribution in [3.8, 4) is 5.75 Å². The molecule has 0 unspecified atom stereocenters. The largest absolute Gasteiger partial charge is 0.573 e. The van der Waals surface area contributed by atoms with Crippen molar-refractivity contribution >= 4 is 12.0 Å². The van der Waals surface area contributed by atoms with E-state index in [1.807, 2.05) is 0 Å². The zero-order valence-electron chi connectivity index (χ0n) is 9.92. The summed E-state index contributed by atoms with van der Waals surface area (Å²) in [6, 6.07) is 3.07. The molecule has 0 radical (unpaired) electrons. The number of hydrogen-bond acceptors (Lipinski definition) is 2.